The first-order chi connectivity index (χ1) is 25.8. The van der Waals surface area contributed by atoms with Gasteiger partial charge in [-0.3, -0.25) is 9.13 Å². The van der Waals surface area contributed by atoms with Crippen LogP contribution in [0, 0.1) is 0 Å². The monoisotopic (exact) mass is 666 g/mol. The molecule has 0 spiro atoms. The van der Waals surface area contributed by atoms with Crippen molar-refractivity contribution in [3.8, 4) is 79.2 Å². The zero-order chi connectivity index (χ0) is 34.7. The van der Waals surface area contributed by atoms with E-state index in [1.807, 2.05) is 12.1 Å². The Labute approximate surface area is 303 Å². The van der Waals surface area contributed by atoms with Crippen LogP contribution in [0.5, 0.6) is 0 Å². The molecule has 0 atom stereocenters. The van der Waals surface area contributed by atoms with Gasteiger partial charge in [0.05, 0.1) is 22.8 Å². The van der Waals surface area contributed by atoms with Crippen LogP contribution >= 0.6 is 0 Å². The van der Waals surface area contributed by atoms with E-state index in [1.54, 1.807) is 0 Å². The van der Waals surface area contributed by atoms with Crippen molar-refractivity contribution in [1.29, 1.82) is 0 Å². The Morgan fingerprint density at radius 3 is 0.904 bits per heavy atom. The summed E-state index contributed by atoms with van der Waals surface area (Å²) in [6.45, 7) is 0. The van der Waals surface area contributed by atoms with Crippen molar-refractivity contribution in [2.75, 3.05) is 0 Å². The van der Waals surface area contributed by atoms with Crippen molar-refractivity contribution in [1.82, 2.24) is 19.1 Å². The van der Waals surface area contributed by atoms with Crippen LogP contribution in [0.25, 0.3) is 79.2 Å². The van der Waals surface area contributed by atoms with E-state index in [0.29, 0.717) is 0 Å². The average Bonchev–Trinajstić information content (AvgIpc) is 3.84. The van der Waals surface area contributed by atoms with E-state index in [1.165, 1.54) is 0 Å². The second-order valence-corrected chi connectivity index (χ2v) is 12.7. The van der Waals surface area contributed by atoms with Crippen molar-refractivity contribution >= 4 is 0 Å². The third kappa shape index (κ3) is 5.72. The van der Waals surface area contributed by atoms with Crippen molar-refractivity contribution < 1.29 is 0 Å². The maximum atomic E-state index is 5.47. The number of hydrogen-bond acceptors (Lipinski definition) is 2. The first-order valence-corrected chi connectivity index (χ1v) is 17.5. The maximum Gasteiger partial charge on any atom is 0.145 e. The van der Waals surface area contributed by atoms with Gasteiger partial charge in [0.2, 0.25) is 0 Å². The molecule has 0 radical (unpaired) electrons. The Morgan fingerprint density at radius 2 is 0.558 bits per heavy atom. The Kier molecular flexibility index (Phi) is 8.16. The molecule has 0 saturated heterocycles. The molecular formula is C48H34N4. The van der Waals surface area contributed by atoms with E-state index < -0.39 is 0 Å². The molecule has 246 valence electrons. The number of hydrogen-bond donors (Lipinski definition) is 0. The summed E-state index contributed by atoms with van der Waals surface area (Å²) in [4.78, 5) is 10.9. The van der Waals surface area contributed by atoms with Crippen LogP contribution in [-0.4, -0.2) is 19.1 Å². The van der Waals surface area contributed by atoms with Gasteiger partial charge in [0, 0.05) is 44.8 Å². The summed E-state index contributed by atoms with van der Waals surface area (Å²) in [6, 6.07) is 71.7. The van der Waals surface area contributed by atoms with Crippen molar-refractivity contribution in [2.45, 2.75) is 0 Å². The van der Waals surface area contributed by atoms with Gasteiger partial charge < -0.3 is 0 Å². The highest BCUT2D eigenvalue weighted by atomic mass is 15.1. The number of imidazole rings is 2. The highest BCUT2D eigenvalue weighted by molar-refractivity contribution is 5.87. The fourth-order valence-corrected chi connectivity index (χ4v) is 7.00. The minimum absolute atomic E-state index is 0.857. The highest BCUT2D eigenvalue weighted by Crippen LogP contribution is 2.42. The lowest BCUT2D eigenvalue weighted by Crippen LogP contribution is -2.02. The molecule has 0 aliphatic rings. The second-order valence-electron chi connectivity index (χ2n) is 12.7. The molecular weight excluding hydrogens is 633 g/mol. The maximum absolute atomic E-state index is 5.47. The van der Waals surface area contributed by atoms with Gasteiger partial charge in [-0.15, -0.1) is 0 Å². The van der Waals surface area contributed by atoms with Crippen LogP contribution in [0.4, 0.5) is 0 Å². The van der Waals surface area contributed by atoms with Gasteiger partial charge in [0.15, 0.2) is 0 Å². The molecule has 0 saturated carbocycles. The predicted molar refractivity (Wildman–Crippen MR) is 213 cm³/mol. The quantitative estimate of drug-likeness (QED) is 0.162. The van der Waals surface area contributed by atoms with Gasteiger partial charge >= 0.3 is 0 Å². The Bertz CT molecular complexity index is 2400. The lowest BCUT2D eigenvalue weighted by atomic mass is 10.0. The summed E-state index contributed by atoms with van der Waals surface area (Å²) < 4.78 is 4.59. The van der Waals surface area contributed by atoms with Crippen LogP contribution in [-0.2, 0) is 0 Å². The molecule has 4 heteroatoms. The lowest BCUT2D eigenvalue weighted by Gasteiger charge is -2.15. The molecule has 7 aromatic carbocycles. The van der Waals surface area contributed by atoms with Crippen LogP contribution in [0.15, 0.2) is 206 Å². The number of rotatable bonds is 8. The van der Waals surface area contributed by atoms with E-state index in [2.05, 4.69) is 203 Å². The molecule has 9 aromatic rings. The Hall–Kier alpha value is -7.04. The minimum atomic E-state index is 0.857. The van der Waals surface area contributed by atoms with E-state index in [9.17, 15) is 0 Å². The van der Waals surface area contributed by atoms with E-state index in [4.69, 9.17) is 9.97 Å². The average molecular weight is 667 g/mol. The predicted octanol–water partition coefficient (Wildman–Crippen LogP) is 12.1. The molecule has 4 nitrogen and oxygen atoms in total. The molecule has 2 heterocycles. The smallest absolute Gasteiger partial charge is 0.145 e. The molecule has 0 unspecified atom stereocenters. The standard InChI is InChI=1S/C48H34N4/c1-7-20-35(21-8-1)43-45(37-24-11-3-12-25-37)51(41-30-15-5-16-31-41)47(49-43)39-28-19-29-40(34-39)48-50-44(36-22-9-2-10-23-36)46(38-26-13-4-14-27-38)52(48)42-32-17-6-18-33-42/h1-34H. The van der Waals surface area contributed by atoms with Crippen LogP contribution in [0.3, 0.4) is 0 Å². The summed E-state index contributed by atoms with van der Waals surface area (Å²) in [5.41, 5.74) is 12.3. The van der Waals surface area contributed by atoms with Crippen LogP contribution in [0.2, 0.25) is 0 Å². The fraction of sp³-hybridized carbons (Fsp3) is 0. The van der Waals surface area contributed by atoms with Crippen molar-refractivity contribution in [3.63, 3.8) is 0 Å². The van der Waals surface area contributed by atoms with E-state index >= 15 is 0 Å². The zero-order valence-electron chi connectivity index (χ0n) is 28.4. The first kappa shape index (κ1) is 31.0. The summed E-state index contributed by atoms with van der Waals surface area (Å²) in [5, 5.41) is 0. The van der Waals surface area contributed by atoms with Gasteiger partial charge in [-0.05, 0) is 30.3 Å². The largest absolute Gasteiger partial charge is 0.292 e. The topological polar surface area (TPSA) is 35.6 Å². The van der Waals surface area contributed by atoms with Gasteiger partial charge in [-0.2, -0.15) is 0 Å². The molecule has 0 amide bonds. The Morgan fingerprint density at radius 1 is 0.269 bits per heavy atom. The molecule has 0 aliphatic heterocycles. The first-order valence-electron chi connectivity index (χ1n) is 17.5. The van der Waals surface area contributed by atoms with E-state index in [-0.39, 0.29) is 0 Å². The molecule has 0 N–H and O–H groups in total. The summed E-state index contributed by atoms with van der Waals surface area (Å²) in [6.07, 6.45) is 0. The molecule has 0 bridgehead atoms. The highest BCUT2D eigenvalue weighted by Gasteiger charge is 2.25. The summed E-state index contributed by atoms with van der Waals surface area (Å²) in [7, 11) is 0. The van der Waals surface area contributed by atoms with Gasteiger partial charge in [0.1, 0.15) is 11.6 Å². The fourth-order valence-electron chi connectivity index (χ4n) is 7.00. The van der Waals surface area contributed by atoms with Crippen LogP contribution in [0.1, 0.15) is 0 Å². The number of para-hydroxylation sites is 2. The Balaban J connectivity index is 1.32. The second kappa shape index (κ2) is 13.7. The van der Waals surface area contributed by atoms with Gasteiger partial charge in [0.25, 0.3) is 0 Å². The lowest BCUT2D eigenvalue weighted by molar-refractivity contribution is 1.07. The zero-order valence-corrected chi connectivity index (χ0v) is 28.4. The number of aromatic nitrogens is 4. The summed E-state index contributed by atoms with van der Waals surface area (Å²) >= 11 is 0. The molecule has 2 aromatic heterocycles. The normalized spacial score (nSPS) is 11.1. The van der Waals surface area contributed by atoms with Crippen molar-refractivity contribution in [2.24, 2.45) is 0 Å². The summed E-state index contributed by atoms with van der Waals surface area (Å²) in [5.74, 6) is 1.71. The number of nitrogens with zero attached hydrogens (tertiary/aromatic N) is 4. The van der Waals surface area contributed by atoms with Gasteiger partial charge in [-0.1, -0.05) is 176 Å². The van der Waals surface area contributed by atoms with Crippen LogP contribution < -0.4 is 0 Å². The SMILES string of the molecule is c1ccc(-c2nc(-c3cccc(-c4nc(-c5ccccc5)c(-c5ccccc5)n4-c4ccccc4)c3)n(-c3ccccc3)c2-c2ccccc2)cc1. The third-order valence-corrected chi connectivity index (χ3v) is 9.35. The molecule has 52 heavy (non-hydrogen) atoms. The molecule has 0 fully saturated rings. The molecule has 0 aliphatic carbocycles. The van der Waals surface area contributed by atoms with Crippen molar-refractivity contribution in [3.05, 3.63) is 206 Å². The minimum Gasteiger partial charge on any atom is -0.292 e. The van der Waals surface area contributed by atoms with E-state index in [0.717, 1.165) is 79.2 Å². The third-order valence-electron chi connectivity index (χ3n) is 9.35. The van der Waals surface area contributed by atoms with Gasteiger partial charge in [-0.25, -0.2) is 9.97 Å². The molecule has 9 rings (SSSR count). The number of benzene rings is 7.